The maximum atomic E-state index is 12.6. The quantitative estimate of drug-likeness (QED) is 0.534. The predicted molar refractivity (Wildman–Crippen MR) is 117 cm³/mol. The molecule has 0 aliphatic carbocycles. The predicted octanol–water partition coefficient (Wildman–Crippen LogP) is 4.12. The molecule has 1 amide bonds. The van der Waals surface area contributed by atoms with Gasteiger partial charge in [-0.05, 0) is 33.3 Å². The van der Waals surface area contributed by atoms with E-state index < -0.39 is 23.9 Å². The van der Waals surface area contributed by atoms with Gasteiger partial charge in [0.15, 0.2) is 11.2 Å². The number of nitrogens with one attached hydrogen (secondary N) is 2. The molecule has 0 bridgehead atoms. The van der Waals surface area contributed by atoms with Crippen LogP contribution in [0.25, 0.3) is 11.3 Å². The van der Waals surface area contributed by atoms with Crippen LogP contribution in [-0.2, 0) is 14.3 Å². The molecule has 1 unspecified atom stereocenters. The third-order valence-electron chi connectivity index (χ3n) is 4.58. The molecule has 0 aliphatic rings. The molecule has 3 aromatic rings. The van der Waals surface area contributed by atoms with Crippen LogP contribution in [-0.4, -0.2) is 40.5 Å². The number of ether oxygens (including phenoxy) is 2. The molecule has 2 aromatic heterocycles. The zero-order valence-corrected chi connectivity index (χ0v) is 18.5. The van der Waals surface area contributed by atoms with Gasteiger partial charge in [0.1, 0.15) is 5.69 Å². The van der Waals surface area contributed by atoms with Gasteiger partial charge in [0, 0.05) is 16.6 Å². The van der Waals surface area contributed by atoms with Gasteiger partial charge in [0.2, 0.25) is 0 Å². The SMILES string of the molecule is CCOC(=O)c1[nH]c(C)c(C(=O)OC(C)C(=O)Nc2nc(-c3ccccc3)cs2)c1C. The molecule has 0 saturated carbocycles. The Morgan fingerprint density at radius 1 is 1.16 bits per heavy atom. The number of amides is 1. The molecule has 2 heterocycles. The topological polar surface area (TPSA) is 110 Å². The molecule has 0 radical (unpaired) electrons. The van der Waals surface area contributed by atoms with Crippen LogP contribution in [0.1, 0.15) is 46.0 Å². The molecule has 3 rings (SSSR count). The average Bonchev–Trinajstić information content (AvgIpc) is 3.32. The number of aromatic nitrogens is 2. The van der Waals surface area contributed by atoms with Crippen molar-refractivity contribution in [1.29, 1.82) is 0 Å². The van der Waals surface area contributed by atoms with E-state index in [0.717, 1.165) is 11.3 Å². The second-order valence-electron chi connectivity index (χ2n) is 6.79. The minimum absolute atomic E-state index is 0.194. The fourth-order valence-electron chi connectivity index (χ4n) is 3.02. The number of hydrogen-bond donors (Lipinski definition) is 2. The summed E-state index contributed by atoms with van der Waals surface area (Å²) < 4.78 is 10.3. The first-order valence-electron chi connectivity index (χ1n) is 9.70. The molecule has 0 saturated heterocycles. The summed E-state index contributed by atoms with van der Waals surface area (Å²) in [7, 11) is 0. The second kappa shape index (κ2) is 9.57. The van der Waals surface area contributed by atoms with Crippen molar-refractivity contribution in [2.75, 3.05) is 11.9 Å². The Balaban J connectivity index is 1.66. The zero-order valence-electron chi connectivity index (χ0n) is 17.6. The van der Waals surface area contributed by atoms with Crippen molar-refractivity contribution in [1.82, 2.24) is 9.97 Å². The van der Waals surface area contributed by atoms with Gasteiger partial charge in [-0.25, -0.2) is 14.6 Å². The lowest BCUT2D eigenvalue weighted by molar-refractivity contribution is -0.123. The molecular weight excluding hydrogens is 418 g/mol. The minimum atomic E-state index is -1.06. The van der Waals surface area contributed by atoms with Crippen molar-refractivity contribution in [3.8, 4) is 11.3 Å². The largest absolute Gasteiger partial charge is 0.461 e. The Kier molecular flexibility index (Phi) is 6.86. The summed E-state index contributed by atoms with van der Waals surface area (Å²) in [5, 5.41) is 4.91. The summed E-state index contributed by atoms with van der Waals surface area (Å²) in [4.78, 5) is 44.4. The second-order valence-corrected chi connectivity index (χ2v) is 7.64. The lowest BCUT2D eigenvalue weighted by atomic mass is 10.1. The number of benzene rings is 1. The molecule has 0 fully saturated rings. The zero-order chi connectivity index (χ0) is 22.5. The lowest BCUT2D eigenvalue weighted by Crippen LogP contribution is -2.30. The third-order valence-corrected chi connectivity index (χ3v) is 5.34. The van der Waals surface area contributed by atoms with Gasteiger partial charge in [-0.2, -0.15) is 0 Å². The standard InChI is InChI=1S/C22H23N3O5S/c1-5-29-21(28)18-12(2)17(13(3)23-18)20(27)30-14(4)19(26)25-22-24-16(11-31-22)15-9-7-6-8-10-15/h6-11,14,23H,5H2,1-4H3,(H,24,25,26). The van der Waals surface area contributed by atoms with Crippen molar-refractivity contribution < 1.29 is 23.9 Å². The van der Waals surface area contributed by atoms with Gasteiger partial charge in [-0.15, -0.1) is 11.3 Å². The summed E-state index contributed by atoms with van der Waals surface area (Å²) in [5.41, 5.74) is 2.97. The maximum Gasteiger partial charge on any atom is 0.355 e. The first kappa shape index (κ1) is 22.2. The number of carbonyl (C=O) groups excluding carboxylic acids is 3. The maximum absolute atomic E-state index is 12.6. The van der Waals surface area contributed by atoms with Gasteiger partial charge < -0.3 is 14.5 Å². The number of carbonyl (C=O) groups is 3. The van der Waals surface area contributed by atoms with Crippen molar-refractivity contribution in [3.63, 3.8) is 0 Å². The van der Waals surface area contributed by atoms with Gasteiger partial charge in [-0.1, -0.05) is 30.3 Å². The van der Waals surface area contributed by atoms with Crippen molar-refractivity contribution in [3.05, 3.63) is 58.2 Å². The summed E-state index contributed by atoms with van der Waals surface area (Å²) in [6.45, 7) is 6.66. The van der Waals surface area contributed by atoms with Gasteiger partial charge in [0.25, 0.3) is 5.91 Å². The molecule has 8 nitrogen and oxygen atoms in total. The lowest BCUT2D eigenvalue weighted by Gasteiger charge is -2.12. The summed E-state index contributed by atoms with van der Waals surface area (Å²) >= 11 is 1.28. The Morgan fingerprint density at radius 3 is 2.55 bits per heavy atom. The monoisotopic (exact) mass is 441 g/mol. The first-order valence-corrected chi connectivity index (χ1v) is 10.6. The number of H-pyrrole nitrogens is 1. The Labute approximate surface area is 183 Å². The summed E-state index contributed by atoms with van der Waals surface area (Å²) in [6, 6.07) is 9.59. The highest BCUT2D eigenvalue weighted by molar-refractivity contribution is 7.14. The van der Waals surface area contributed by atoms with E-state index in [-0.39, 0.29) is 17.9 Å². The van der Waals surface area contributed by atoms with Crippen molar-refractivity contribution >= 4 is 34.3 Å². The molecule has 2 N–H and O–H groups in total. The molecule has 1 aromatic carbocycles. The molecule has 9 heteroatoms. The fourth-order valence-corrected chi connectivity index (χ4v) is 3.74. The van der Waals surface area contributed by atoms with E-state index in [9.17, 15) is 14.4 Å². The van der Waals surface area contributed by atoms with E-state index in [1.165, 1.54) is 18.3 Å². The van der Waals surface area contributed by atoms with Crippen LogP contribution < -0.4 is 5.32 Å². The normalized spacial score (nSPS) is 11.6. The fraction of sp³-hybridized carbons (Fsp3) is 0.273. The highest BCUT2D eigenvalue weighted by Gasteiger charge is 2.27. The van der Waals surface area contributed by atoms with Crippen LogP contribution in [0.2, 0.25) is 0 Å². The minimum Gasteiger partial charge on any atom is -0.461 e. The molecule has 1 atom stereocenters. The summed E-state index contributed by atoms with van der Waals surface area (Å²) in [6.07, 6.45) is -1.06. The smallest absolute Gasteiger partial charge is 0.355 e. The first-order chi connectivity index (χ1) is 14.8. The van der Waals surface area contributed by atoms with Gasteiger partial charge in [0.05, 0.1) is 17.9 Å². The molecule has 31 heavy (non-hydrogen) atoms. The van der Waals surface area contributed by atoms with E-state index in [0.29, 0.717) is 16.4 Å². The van der Waals surface area contributed by atoms with E-state index in [1.807, 2.05) is 35.7 Å². The molecule has 162 valence electrons. The number of nitrogens with zero attached hydrogens (tertiary/aromatic N) is 1. The van der Waals surface area contributed by atoms with E-state index in [1.54, 1.807) is 20.8 Å². The highest BCUT2D eigenvalue weighted by atomic mass is 32.1. The number of aryl methyl sites for hydroxylation is 1. The van der Waals surface area contributed by atoms with E-state index >= 15 is 0 Å². The van der Waals surface area contributed by atoms with Crippen LogP contribution in [0.4, 0.5) is 5.13 Å². The molecular formula is C22H23N3O5S. The number of esters is 2. The number of anilines is 1. The Morgan fingerprint density at radius 2 is 1.87 bits per heavy atom. The van der Waals surface area contributed by atoms with Crippen LogP contribution in [0, 0.1) is 13.8 Å². The van der Waals surface area contributed by atoms with Crippen molar-refractivity contribution in [2.24, 2.45) is 0 Å². The Bertz CT molecular complexity index is 1100. The average molecular weight is 442 g/mol. The van der Waals surface area contributed by atoms with Crippen molar-refractivity contribution in [2.45, 2.75) is 33.8 Å². The van der Waals surface area contributed by atoms with Gasteiger partial charge >= 0.3 is 11.9 Å². The van der Waals surface area contributed by atoms with E-state index in [2.05, 4.69) is 15.3 Å². The number of aromatic amines is 1. The number of hydrogen-bond acceptors (Lipinski definition) is 7. The van der Waals surface area contributed by atoms with E-state index in [4.69, 9.17) is 9.47 Å². The van der Waals surface area contributed by atoms with Crippen LogP contribution in [0.15, 0.2) is 35.7 Å². The number of rotatable bonds is 7. The van der Waals surface area contributed by atoms with Gasteiger partial charge in [-0.3, -0.25) is 10.1 Å². The van der Waals surface area contributed by atoms with Crippen LogP contribution >= 0.6 is 11.3 Å². The molecule has 0 aliphatic heterocycles. The number of thiazole rings is 1. The Hall–Kier alpha value is -3.46. The van der Waals surface area contributed by atoms with Crippen LogP contribution in [0.5, 0.6) is 0 Å². The third kappa shape index (κ3) is 5.00. The van der Waals surface area contributed by atoms with Crippen LogP contribution in [0.3, 0.4) is 0 Å². The summed E-state index contributed by atoms with van der Waals surface area (Å²) in [5.74, 6) is -1.75. The molecule has 0 spiro atoms. The highest BCUT2D eigenvalue weighted by Crippen LogP contribution is 2.25.